The molecule has 0 radical (unpaired) electrons. The van der Waals surface area contributed by atoms with E-state index in [2.05, 4.69) is 10.3 Å². The Morgan fingerprint density at radius 3 is 2.96 bits per heavy atom. The van der Waals surface area contributed by atoms with Crippen LogP contribution in [0.5, 0.6) is 5.75 Å². The standard InChI is InChI=1S/C17H21N3O4S2/c1-3-26(22,23)20-8-7-14-15(10-20)25-17(18-14)19-16(21)11-24-13-6-4-5-12(2)9-13/h4-6,9H,3,7-8,10-11H2,1-2H3,(H,18,19,21). The summed E-state index contributed by atoms with van der Waals surface area (Å²) >= 11 is 1.31. The van der Waals surface area contributed by atoms with Crippen LogP contribution in [0.4, 0.5) is 5.13 Å². The van der Waals surface area contributed by atoms with Crippen molar-refractivity contribution in [2.45, 2.75) is 26.8 Å². The molecule has 3 rings (SSSR count). The fraction of sp³-hybridized carbons (Fsp3) is 0.412. The van der Waals surface area contributed by atoms with E-state index in [1.807, 2.05) is 25.1 Å². The van der Waals surface area contributed by atoms with Crippen LogP contribution in [0.2, 0.25) is 0 Å². The summed E-state index contributed by atoms with van der Waals surface area (Å²) in [6, 6.07) is 7.48. The van der Waals surface area contributed by atoms with Crippen LogP contribution >= 0.6 is 11.3 Å². The second-order valence-corrected chi connectivity index (χ2v) is 9.37. The maximum Gasteiger partial charge on any atom is 0.264 e. The van der Waals surface area contributed by atoms with Crippen molar-refractivity contribution in [2.75, 3.05) is 24.2 Å². The molecule has 1 aliphatic heterocycles. The van der Waals surface area contributed by atoms with E-state index in [0.29, 0.717) is 30.4 Å². The molecule has 2 aromatic rings. The highest BCUT2D eigenvalue weighted by Gasteiger charge is 2.28. The summed E-state index contributed by atoms with van der Waals surface area (Å²) in [7, 11) is -3.22. The first kappa shape index (κ1) is 18.8. The molecular weight excluding hydrogens is 374 g/mol. The molecule has 1 aliphatic rings. The van der Waals surface area contributed by atoms with Crippen LogP contribution in [-0.2, 0) is 27.8 Å². The lowest BCUT2D eigenvalue weighted by molar-refractivity contribution is -0.118. The fourth-order valence-electron chi connectivity index (χ4n) is 2.65. The monoisotopic (exact) mass is 395 g/mol. The number of rotatable bonds is 6. The van der Waals surface area contributed by atoms with Gasteiger partial charge < -0.3 is 4.74 Å². The Bertz CT molecular complexity index is 908. The molecule has 0 saturated carbocycles. The lowest BCUT2D eigenvalue weighted by Crippen LogP contribution is -2.36. The molecule has 1 aromatic carbocycles. The average molecular weight is 396 g/mol. The van der Waals surface area contributed by atoms with Gasteiger partial charge in [0.2, 0.25) is 10.0 Å². The number of nitrogens with one attached hydrogen (secondary N) is 1. The minimum absolute atomic E-state index is 0.0844. The predicted octanol–water partition coefficient (Wildman–Crippen LogP) is 2.18. The van der Waals surface area contributed by atoms with E-state index in [0.717, 1.165) is 16.1 Å². The normalized spacial score (nSPS) is 14.7. The minimum Gasteiger partial charge on any atom is -0.484 e. The van der Waals surface area contributed by atoms with Gasteiger partial charge >= 0.3 is 0 Å². The Labute approximate surface area is 157 Å². The van der Waals surface area contributed by atoms with Gasteiger partial charge in [0.1, 0.15) is 5.75 Å². The number of amides is 1. The number of hydrogen-bond donors (Lipinski definition) is 1. The van der Waals surface area contributed by atoms with Crippen molar-refractivity contribution in [1.29, 1.82) is 0 Å². The molecule has 2 heterocycles. The second kappa shape index (κ2) is 7.73. The van der Waals surface area contributed by atoms with Gasteiger partial charge in [0.25, 0.3) is 5.91 Å². The van der Waals surface area contributed by atoms with Crippen molar-refractivity contribution in [1.82, 2.24) is 9.29 Å². The van der Waals surface area contributed by atoms with Gasteiger partial charge in [-0.05, 0) is 31.5 Å². The number of hydrogen-bond acceptors (Lipinski definition) is 6. The van der Waals surface area contributed by atoms with Crippen molar-refractivity contribution in [2.24, 2.45) is 0 Å². The Hall–Kier alpha value is -1.97. The van der Waals surface area contributed by atoms with E-state index in [9.17, 15) is 13.2 Å². The molecule has 0 spiro atoms. The van der Waals surface area contributed by atoms with Crippen molar-refractivity contribution in [3.63, 3.8) is 0 Å². The Balaban J connectivity index is 1.59. The summed E-state index contributed by atoms with van der Waals surface area (Å²) in [6.45, 7) is 4.23. The Morgan fingerprint density at radius 1 is 1.42 bits per heavy atom. The lowest BCUT2D eigenvalue weighted by atomic mass is 10.2. The largest absolute Gasteiger partial charge is 0.484 e. The van der Waals surface area contributed by atoms with Crippen molar-refractivity contribution >= 4 is 32.4 Å². The van der Waals surface area contributed by atoms with Crippen molar-refractivity contribution in [3.8, 4) is 5.75 Å². The summed E-state index contributed by atoms with van der Waals surface area (Å²) in [5.74, 6) is 0.427. The highest BCUT2D eigenvalue weighted by molar-refractivity contribution is 7.89. The predicted molar refractivity (Wildman–Crippen MR) is 101 cm³/mol. The zero-order valence-electron chi connectivity index (χ0n) is 14.7. The Morgan fingerprint density at radius 2 is 2.23 bits per heavy atom. The quantitative estimate of drug-likeness (QED) is 0.810. The van der Waals surface area contributed by atoms with E-state index in [1.165, 1.54) is 15.6 Å². The molecule has 0 saturated heterocycles. The first-order valence-electron chi connectivity index (χ1n) is 8.33. The fourth-order valence-corrected chi connectivity index (χ4v) is 4.84. The number of sulfonamides is 1. The second-order valence-electron chi connectivity index (χ2n) is 6.03. The molecule has 26 heavy (non-hydrogen) atoms. The summed E-state index contributed by atoms with van der Waals surface area (Å²) in [6.07, 6.45) is 0.556. The number of aryl methyl sites for hydroxylation is 1. The molecule has 1 amide bonds. The van der Waals surface area contributed by atoms with Crippen LogP contribution in [0.3, 0.4) is 0 Å². The maximum absolute atomic E-state index is 12.1. The van der Waals surface area contributed by atoms with Crippen LogP contribution in [0, 0.1) is 6.92 Å². The number of ether oxygens (including phenoxy) is 1. The molecule has 1 aromatic heterocycles. The van der Waals surface area contributed by atoms with Crippen LogP contribution in [0.15, 0.2) is 24.3 Å². The molecule has 7 nitrogen and oxygen atoms in total. The van der Waals surface area contributed by atoms with Crippen molar-refractivity contribution in [3.05, 3.63) is 40.4 Å². The molecule has 0 bridgehead atoms. The number of anilines is 1. The van der Waals surface area contributed by atoms with Crippen LogP contribution in [-0.4, -0.2) is 42.5 Å². The highest BCUT2D eigenvalue weighted by atomic mass is 32.2. The van der Waals surface area contributed by atoms with Crippen LogP contribution in [0.1, 0.15) is 23.1 Å². The van der Waals surface area contributed by atoms with Crippen molar-refractivity contribution < 1.29 is 17.9 Å². The third kappa shape index (κ3) is 4.40. The minimum atomic E-state index is -3.22. The zero-order chi connectivity index (χ0) is 18.7. The van der Waals surface area contributed by atoms with Gasteiger partial charge in [-0.2, -0.15) is 4.31 Å². The number of benzene rings is 1. The number of aromatic nitrogens is 1. The maximum atomic E-state index is 12.1. The van der Waals surface area contributed by atoms with E-state index in [4.69, 9.17) is 4.74 Å². The lowest BCUT2D eigenvalue weighted by Gasteiger charge is -2.24. The summed E-state index contributed by atoms with van der Waals surface area (Å²) in [4.78, 5) is 17.4. The molecule has 9 heteroatoms. The molecule has 0 fully saturated rings. The summed E-state index contributed by atoms with van der Waals surface area (Å²) in [5.41, 5.74) is 1.91. The van der Waals surface area contributed by atoms with E-state index < -0.39 is 10.0 Å². The topological polar surface area (TPSA) is 88.6 Å². The van der Waals surface area contributed by atoms with Gasteiger partial charge in [0.05, 0.1) is 11.4 Å². The Kier molecular flexibility index (Phi) is 5.59. The summed E-state index contributed by atoms with van der Waals surface area (Å²) in [5, 5.41) is 3.20. The molecule has 0 aliphatic carbocycles. The highest BCUT2D eigenvalue weighted by Crippen LogP contribution is 2.29. The SMILES string of the molecule is CCS(=O)(=O)N1CCc2nc(NC(=O)COc3cccc(C)c3)sc2C1. The zero-order valence-corrected chi connectivity index (χ0v) is 16.3. The number of fused-ring (bicyclic) bond motifs is 1. The number of carbonyl (C=O) groups excluding carboxylic acids is 1. The molecule has 0 unspecified atom stereocenters. The first-order valence-corrected chi connectivity index (χ1v) is 10.8. The van der Waals surface area contributed by atoms with Crippen LogP contribution < -0.4 is 10.1 Å². The van der Waals surface area contributed by atoms with E-state index >= 15 is 0 Å². The molecule has 0 atom stereocenters. The molecule has 140 valence electrons. The van der Waals surface area contributed by atoms with Gasteiger partial charge in [-0.15, -0.1) is 11.3 Å². The van der Waals surface area contributed by atoms with Gasteiger partial charge in [-0.25, -0.2) is 13.4 Å². The van der Waals surface area contributed by atoms with Gasteiger partial charge in [0, 0.05) is 24.4 Å². The first-order chi connectivity index (χ1) is 12.4. The third-order valence-electron chi connectivity index (χ3n) is 4.06. The summed E-state index contributed by atoms with van der Waals surface area (Å²) < 4.78 is 31.0. The smallest absolute Gasteiger partial charge is 0.264 e. The van der Waals surface area contributed by atoms with Gasteiger partial charge in [0.15, 0.2) is 11.7 Å². The average Bonchev–Trinajstić information content (AvgIpc) is 3.01. The van der Waals surface area contributed by atoms with Gasteiger partial charge in [-0.3, -0.25) is 10.1 Å². The number of nitrogens with zero attached hydrogens (tertiary/aromatic N) is 2. The van der Waals surface area contributed by atoms with E-state index in [-0.39, 0.29) is 18.3 Å². The number of carbonyl (C=O) groups is 1. The van der Waals surface area contributed by atoms with Crippen LogP contribution in [0.25, 0.3) is 0 Å². The van der Waals surface area contributed by atoms with E-state index in [1.54, 1.807) is 13.0 Å². The third-order valence-corrected chi connectivity index (χ3v) is 6.89. The molecule has 1 N–H and O–H groups in total. The van der Waals surface area contributed by atoms with Gasteiger partial charge in [-0.1, -0.05) is 12.1 Å². The molecular formula is C17H21N3O4S2. The number of thiazole rings is 1.